The van der Waals surface area contributed by atoms with Gasteiger partial charge in [-0.3, -0.25) is 9.78 Å². The maximum absolute atomic E-state index is 12.2. The molecule has 0 saturated carbocycles. The summed E-state index contributed by atoms with van der Waals surface area (Å²) in [5, 5.41) is 0. The van der Waals surface area contributed by atoms with Crippen molar-refractivity contribution in [2.45, 2.75) is 12.5 Å². The summed E-state index contributed by atoms with van der Waals surface area (Å²) < 4.78 is 5.31. The number of carbonyl (C=O) groups excluding carboxylic acids is 1. The number of methoxy groups -OCH3 is 1. The number of carbonyl (C=O) groups is 1. The fraction of sp³-hybridized carbons (Fsp3) is 0.200. The Bertz CT molecular complexity index is 496. The summed E-state index contributed by atoms with van der Waals surface area (Å²) in [4.78, 5) is 16.1. The van der Waals surface area contributed by atoms with E-state index in [2.05, 4.69) is 4.98 Å². The third-order valence-electron chi connectivity index (χ3n) is 2.76. The van der Waals surface area contributed by atoms with Crippen LogP contribution >= 0.6 is 0 Å². The molecule has 0 N–H and O–H groups in total. The van der Waals surface area contributed by atoms with Crippen molar-refractivity contribution in [1.82, 2.24) is 4.98 Å². The first-order valence-corrected chi connectivity index (χ1v) is 5.80. The van der Waals surface area contributed by atoms with Crippen molar-refractivity contribution in [3.05, 3.63) is 66.0 Å². The molecule has 1 unspecified atom stereocenters. The molecule has 18 heavy (non-hydrogen) atoms. The van der Waals surface area contributed by atoms with Crippen LogP contribution in [0.15, 0.2) is 54.9 Å². The maximum Gasteiger partial charge on any atom is 0.170 e. The molecule has 92 valence electrons. The van der Waals surface area contributed by atoms with E-state index in [1.807, 2.05) is 42.5 Å². The Kier molecular flexibility index (Phi) is 4.20. The van der Waals surface area contributed by atoms with Gasteiger partial charge in [0.25, 0.3) is 0 Å². The van der Waals surface area contributed by atoms with Gasteiger partial charge in [0.1, 0.15) is 6.10 Å². The molecule has 1 aromatic carbocycles. The second kappa shape index (κ2) is 6.07. The Labute approximate surface area is 106 Å². The van der Waals surface area contributed by atoms with E-state index in [4.69, 9.17) is 4.74 Å². The molecule has 0 saturated heterocycles. The molecule has 1 heterocycles. The van der Waals surface area contributed by atoms with Crippen LogP contribution < -0.4 is 0 Å². The van der Waals surface area contributed by atoms with Crippen molar-refractivity contribution >= 4 is 5.78 Å². The van der Waals surface area contributed by atoms with Crippen LogP contribution in [0.4, 0.5) is 0 Å². The van der Waals surface area contributed by atoms with E-state index < -0.39 is 6.10 Å². The summed E-state index contributed by atoms with van der Waals surface area (Å²) >= 11 is 0. The van der Waals surface area contributed by atoms with Crippen LogP contribution in [0, 0.1) is 0 Å². The summed E-state index contributed by atoms with van der Waals surface area (Å²) in [5.41, 5.74) is 1.84. The summed E-state index contributed by atoms with van der Waals surface area (Å²) in [6, 6.07) is 13.2. The highest BCUT2D eigenvalue weighted by Gasteiger charge is 2.19. The molecular weight excluding hydrogens is 226 g/mol. The molecule has 0 fully saturated rings. The minimum Gasteiger partial charge on any atom is -0.369 e. The normalized spacial score (nSPS) is 12.1. The molecular formula is C15H15NO2. The number of benzene rings is 1. The standard InChI is InChI=1S/C15H15NO2/c1-18-15(13-5-3-2-4-6-13)14(17)11-12-7-9-16-10-8-12/h2-10,15H,11H2,1H3. The predicted octanol–water partition coefficient (Wildman–Crippen LogP) is 2.58. The maximum atomic E-state index is 12.2. The number of aromatic nitrogens is 1. The lowest BCUT2D eigenvalue weighted by atomic mass is 10.0. The number of ether oxygens (including phenoxy) is 1. The van der Waals surface area contributed by atoms with Gasteiger partial charge < -0.3 is 4.74 Å². The number of rotatable bonds is 5. The first-order chi connectivity index (χ1) is 8.81. The predicted molar refractivity (Wildman–Crippen MR) is 69.1 cm³/mol. The molecule has 0 aliphatic heterocycles. The topological polar surface area (TPSA) is 39.2 Å². The first-order valence-electron chi connectivity index (χ1n) is 5.80. The molecule has 3 heteroatoms. The second-order valence-electron chi connectivity index (χ2n) is 4.02. The minimum absolute atomic E-state index is 0.0508. The van der Waals surface area contributed by atoms with Gasteiger partial charge >= 0.3 is 0 Å². The molecule has 1 atom stereocenters. The van der Waals surface area contributed by atoms with Gasteiger partial charge in [-0.25, -0.2) is 0 Å². The van der Waals surface area contributed by atoms with Gasteiger partial charge in [0.2, 0.25) is 0 Å². The average Bonchev–Trinajstić information content (AvgIpc) is 2.42. The zero-order valence-corrected chi connectivity index (χ0v) is 10.2. The van der Waals surface area contributed by atoms with Crippen molar-refractivity contribution in [3.63, 3.8) is 0 Å². The zero-order valence-electron chi connectivity index (χ0n) is 10.2. The molecule has 3 nitrogen and oxygen atoms in total. The largest absolute Gasteiger partial charge is 0.369 e. The molecule has 2 aromatic rings. The van der Waals surface area contributed by atoms with Crippen LogP contribution in [0.3, 0.4) is 0 Å². The summed E-state index contributed by atoms with van der Waals surface area (Å²) in [6.07, 6.45) is 3.23. The van der Waals surface area contributed by atoms with Gasteiger partial charge in [0.05, 0.1) is 0 Å². The summed E-state index contributed by atoms with van der Waals surface area (Å²) in [7, 11) is 1.56. The monoisotopic (exact) mass is 241 g/mol. The number of hydrogen-bond acceptors (Lipinski definition) is 3. The van der Waals surface area contributed by atoms with E-state index in [0.29, 0.717) is 6.42 Å². The van der Waals surface area contributed by atoms with Crippen molar-refractivity contribution in [3.8, 4) is 0 Å². The first kappa shape index (κ1) is 12.5. The van der Waals surface area contributed by atoms with Crippen LogP contribution in [-0.2, 0) is 16.0 Å². The highest BCUT2D eigenvalue weighted by Crippen LogP contribution is 2.19. The number of pyridine rings is 1. The molecule has 0 bridgehead atoms. The zero-order chi connectivity index (χ0) is 12.8. The average molecular weight is 241 g/mol. The Morgan fingerprint density at radius 2 is 1.83 bits per heavy atom. The highest BCUT2D eigenvalue weighted by molar-refractivity contribution is 5.86. The smallest absolute Gasteiger partial charge is 0.170 e. The van der Waals surface area contributed by atoms with E-state index in [9.17, 15) is 4.79 Å². The van der Waals surface area contributed by atoms with Gasteiger partial charge in [0, 0.05) is 25.9 Å². The molecule has 0 spiro atoms. The van der Waals surface area contributed by atoms with Crippen molar-refractivity contribution in [2.75, 3.05) is 7.11 Å². The van der Waals surface area contributed by atoms with Gasteiger partial charge in [-0.15, -0.1) is 0 Å². The quantitative estimate of drug-likeness (QED) is 0.807. The van der Waals surface area contributed by atoms with Crippen molar-refractivity contribution in [2.24, 2.45) is 0 Å². The highest BCUT2D eigenvalue weighted by atomic mass is 16.5. The third-order valence-corrected chi connectivity index (χ3v) is 2.76. The fourth-order valence-electron chi connectivity index (χ4n) is 1.88. The minimum atomic E-state index is -0.501. The van der Waals surface area contributed by atoms with Crippen molar-refractivity contribution < 1.29 is 9.53 Å². The molecule has 0 aliphatic rings. The van der Waals surface area contributed by atoms with Gasteiger partial charge in [-0.2, -0.15) is 0 Å². The summed E-state index contributed by atoms with van der Waals surface area (Å²) in [6.45, 7) is 0. The van der Waals surface area contributed by atoms with E-state index in [1.54, 1.807) is 19.5 Å². The van der Waals surface area contributed by atoms with Crippen LogP contribution in [0.1, 0.15) is 17.2 Å². The Hall–Kier alpha value is -2.00. The Morgan fingerprint density at radius 3 is 2.44 bits per heavy atom. The van der Waals surface area contributed by atoms with Crippen LogP contribution in [0.5, 0.6) is 0 Å². The number of hydrogen-bond donors (Lipinski definition) is 0. The van der Waals surface area contributed by atoms with E-state index in [0.717, 1.165) is 11.1 Å². The number of nitrogens with zero attached hydrogens (tertiary/aromatic N) is 1. The van der Waals surface area contributed by atoms with E-state index >= 15 is 0 Å². The van der Waals surface area contributed by atoms with E-state index in [-0.39, 0.29) is 5.78 Å². The molecule has 0 aliphatic carbocycles. The lowest BCUT2D eigenvalue weighted by Crippen LogP contribution is -2.16. The second-order valence-corrected chi connectivity index (χ2v) is 4.02. The lowest BCUT2D eigenvalue weighted by molar-refractivity contribution is -0.128. The summed E-state index contributed by atoms with van der Waals surface area (Å²) in [5.74, 6) is 0.0508. The SMILES string of the molecule is COC(C(=O)Cc1ccncc1)c1ccccc1. The fourth-order valence-corrected chi connectivity index (χ4v) is 1.88. The molecule has 1 aromatic heterocycles. The number of Topliss-reactive ketones (excluding diaryl/α,β-unsaturated/α-hetero) is 1. The Balaban J connectivity index is 2.12. The molecule has 2 rings (SSSR count). The van der Waals surface area contributed by atoms with Gasteiger partial charge in [0.15, 0.2) is 5.78 Å². The van der Waals surface area contributed by atoms with Crippen LogP contribution in [0.2, 0.25) is 0 Å². The third kappa shape index (κ3) is 3.02. The van der Waals surface area contributed by atoms with Crippen LogP contribution in [-0.4, -0.2) is 17.9 Å². The van der Waals surface area contributed by atoms with E-state index in [1.165, 1.54) is 0 Å². The van der Waals surface area contributed by atoms with Crippen LogP contribution in [0.25, 0.3) is 0 Å². The lowest BCUT2D eigenvalue weighted by Gasteiger charge is -2.14. The van der Waals surface area contributed by atoms with Crippen molar-refractivity contribution in [1.29, 1.82) is 0 Å². The molecule has 0 amide bonds. The van der Waals surface area contributed by atoms with Gasteiger partial charge in [-0.05, 0) is 23.3 Å². The van der Waals surface area contributed by atoms with Gasteiger partial charge in [-0.1, -0.05) is 30.3 Å². The Morgan fingerprint density at radius 1 is 1.17 bits per heavy atom. The number of ketones is 1. The molecule has 0 radical (unpaired) electrons.